The van der Waals surface area contributed by atoms with E-state index in [4.69, 9.17) is 0 Å². The molecule has 0 aliphatic rings. The first kappa shape index (κ1) is 12.2. The molecule has 0 aromatic heterocycles. The van der Waals surface area contributed by atoms with Crippen molar-refractivity contribution < 1.29 is 5.32 Å². The van der Waals surface area contributed by atoms with Crippen LogP contribution in [-0.4, -0.2) is 6.54 Å². The van der Waals surface area contributed by atoms with Gasteiger partial charge in [-0.25, -0.2) is 0 Å². The number of benzene rings is 2. The van der Waals surface area contributed by atoms with Gasteiger partial charge in [0, 0.05) is 16.2 Å². The van der Waals surface area contributed by atoms with Crippen molar-refractivity contribution in [3.05, 3.63) is 67.2 Å². The van der Waals surface area contributed by atoms with E-state index < -0.39 is 0 Å². The maximum atomic E-state index is 3.78. The van der Waals surface area contributed by atoms with Crippen molar-refractivity contribution in [3.63, 3.8) is 0 Å². The van der Waals surface area contributed by atoms with Crippen LogP contribution in [0.15, 0.2) is 64.4 Å². The highest BCUT2D eigenvalue weighted by Crippen LogP contribution is 2.30. The Hall–Kier alpha value is -1.25. The van der Waals surface area contributed by atoms with Crippen LogP contribution in [0.25, 0.3) is 0 Å². The summed E-state index contributed by atoms with van der Waals surface area (Å²) in [6.45, 7) is 1.03. The van der Waals surface area contributed by atoms with Gasteiger partial charge < -0.3 is 5.32 Å². The molecular formula is C15H17NS. The summed E-state index contributed by atoms with van der Waals surface area (Å²) in [7, 11) is 3.78. The summed E-state index contributed by atoms with van der Waals surface area (Å²) in [4.78, 5) is 2.64. The van der Waals surface area contributed by atoms with E-state index >= 15 is 0 Å². The lowest BCUT2D eigenvalue weighted by atomic mass is 10.1. The van der Waals surface area contributed by atoms with Crippen LogP contribution in [0, 0.1) is 7.05 Å². The molecule has 1 nitrogen and oxygen atoms in total. The van der Waals surface area contributed by atoms with Gasteiger partial charge in [0.05, 0.1) is 6.54 Å². The molecule has 88 valence electrons. The Balaban J connectivity index is 2.15. The summed E-state index contributed by atoms with van der Waals surface area (Å²) in [6, 6.07) is 19.1. The molecule has 0 fully saturated rings. The average Bonchev–Trinajstić information content (AvgIpc) is 2.39. The minimum absolute atomic E-state index is 1.03. The Kier molecular flexibility index (Phi) is 4.65. The van der Waals surface area contributed by atoms with Crippen LogP contribution in [-0.2, 0) is 6.42 Å². The zero-order valence-corrected chi connectivity index (χ0v) is 10.6. The van der Waals surface area contributed by atoms with Gasteiger partial charge in [-0.2, -0.15) is 7.05 Å². The highest BCUT2D eigenvalue weighted by Gasteiger charge is 2.03. The van der Waals surface area contributed by atoms with Crippen molar-refractivity contribution in [1.82, 2.24) is 0 Å². The normalized spacial score (nSPS) is 10.4. The first-order valence-corrected chi connectivity index (χ1v) is 6.63. The van der Waals surface area contributed by atoms with Gasteiger partial charge in [0.25, 0.3) is 0 Å². The van der Waals surface area contributed by atoms with E-state index in [0.29, 0.717) is 0 Å². The zero-order valence-electron chi connectivity index (χ0n) is 9.80. The lowest BCUT2D eigenvalue weighted by molar-refractivity contribution is -0.594. The van der Waals surface area contributed by atoms with Crippen LogP contribution in [0.1, 0.15) is 5.56 Å². The maximum Gasteiger partial charge on any atom is 0.0556 e. The molecule has 0 heterocycles. The molecule has 17 heavy (non-hydrogen) atoms. The largest absolute Gasteiger partial charge is 0.479 e. The van der Waals surface area contributed by atoms with Crippen LogP contribution < -0.4 is 5.32 Å². The zero-order chi connectivity index (χ0) is 11.9. The van der Waals surface area contributed by atoms with Gasteiger partial charge in [-0.05, 0) is 23.8 Å². The lowest BCUT2D eigenvalue weighted by Crippen LogP contribution is -2.77. The van der Waals surface area contributed by atoms with Crippen LogP contribution in [0.4, 0.5) is 0 Å². The van der Waals surface area contributed by atoms with Gasteiger partial charge in [0.2, 0.25) is 0 Å². The quantitative estimate of drug-likeness (QED) is 0.799. The second-order valence-electron chi connectivity index (χ2n) is 3.85. The number of hydrogen-bond donors (Lipinski definition) is 1. The van der Waals surface area contributed by atoms with Gasteiger partial charge in [0.15, 0.2) is 0 Å². The Bertz CT molecular complexity index is 453. The molecule has 2 heteroatoms. The molecule has 2 aromatic carbocycles. The van der Waals surface area contributed by atoms with Crippen molar-refractivity contribution in [2.45, 2.75) is 16.2 Å². The fourth-order valence-corrected chi connectivity index (χ4v) is 2.68. The number of rotatable bonds is 5. The molecule has 0 spiro atoms. The van der Waals surface area contributed by atoms with E-state index in [1.807, 2.05) is 23.1 Å². The molecule has 2 N–H and O–H groups in total. The fourth-order valence-electron chi connectivity index (χ4n) is 1.68. The van der Waals surface area contributed by atoms with Crippen molar-refractivity contribution in [2.75, 3.05) is 6.54 Å². The molecule has 0 saturated carbocycles. The highest BCUT2D eigenvalue weighted by molar-refractivity contribution is 7.99. The molecule has 2 aromatic rings. The standard InChI is InChI=1S/C15H17NS/c1-16-12-11-13-7-5-6-10-15(13)17-14-8-3-2-4-9-14/h2-10H,1,11-12,16H2. The van der Waals surface area contributed by atoms with Gasteiger partial charge in [0.1, 0.15) is 0 Å². The molecule has 0 aliphatic heterocycles. The number of quaternary nitrogens is 1. The molecule has 2 rings (SSSR count). The van der Waals surface area contributed by atoms with Crippen molar-refractivity contribution in [3.8, 4) is 0 Å². The Labute approximate surface area is 107 Å². The third-order valence-electron chi connectivity index (χ3n) is 2.56. The van der Waals surface area contributed by atoms with E-state index in [1.165, 1.54) is 15.4 Å². The van der Waals surface area contributed by atoms with Gasteiger partial charge in [-0.1, -0.05) is 48.2 Å². The number of nitrogens with two attached hydrogens (primary N) is 1. The van der Waals surface area contributed by atoms with E-state index in [1.54, 1.807) is 0 Å². The second kappa shape index (κ2) is 6.48. The van der Waals surface area contributed by atoms with Crippen LogP contribution in [0.2, 0.25) is 0 Å². The Morgan fingerprint density at radius 3 is 2.41 bits per heavy atom. The molecular weight excluding hydrogens is 226 g/mol. The summed E-state index contributed by atoms with van der Waals surface area (Å²) in [6.07, 6.45) is 1.07. The van der Waals surface area contributed by atoms with Crippen LogP contribution >= 0.6 is 11.8 Å². The predicted octanol–water partition coefficient (Wildman–Crippen LogP) is 2.74. The van der Waals surface area contributed by atoms with Gasteiger partial charge in [-0.15, -0.1) is 0 Å². The first-order valence-electron chi connectivity index (χ1n) is 5.82. The summed E-state index contributed by atoms with van der Waals surface area (Å²) in [5.74, 6) is 0. The molecule has 0 amide bonds. The first-order chi connectivity index (χ1) is 8.40. The molecule has 0 aliphatic carbocycles. The number of hydrogen-bond acceptors (Lipinski definition) is 1. The van der Waals surface area contributed by atoms with Crippen LogP contribution in [0.5, 0.6) is 0 Å². The minimum Gasteiger partial charge on any atom is -0.479 e. The predicted molar refractivity (Wildman–Crippen MR) is 72.9 cm³/mol. The van der Waals surface area contributed by atoms with E-state index in [-0.39, 0.29) is 0 Å². The Morgan fingerprint density at radius 2 is 1.65 bits per heavy atom. The highest BCUT2D eigenvalue weighted by atomic mass is 32.2. The van der Waals surface area contributed by atoms with Crippen LogP contribution in [0.3, 0.4) is 0 Å². The molecule has 0 saturated heterocycles. The van der Waals surface area contributed by atoms with Crippen molar-refractivity contribution in [1.29, 1.82) is 0 Å². The van der Waals surface area contributed by atoms with E-state index in [9.17, 15) is 0 Å². The third kappa shape index (κ3) is 3.62. The summed E-state index contributed by atoms with van der Waals surface area (Å²) in [5, 5.41) is 1.98. The molecule has 0 atom stereocenters. The SMILES string of the molecule is [CH2-][NH2+]CCc1ccccc1Sc1ccccc1. The maximum absolute atomic E-state index is 3.78. The minimum atomic E-state index is 1.03. The average molecular weight is 243 g/mol. The molecule has 0 radical (unpaired) electrons. The van der Waals surface area contributed by atoms with Crippen molar-refractivity contribution in [2.24, 2.45) is 0 Å². The third-order valence-corrected chi connectivity index (χ3v) is 3.69. The monoisotopic (exact) mass is 243 g/mol. The summed E-state index contributed by atoms with van der Waals surface area (Å²) >= 11 is 1.83. The lowest BCUT2D eigenvalue weighted by Gasteiger charge is -2.08. The summed E-state index contributed by atoms with van der Waals surface area (Å²) in [5.41, 5.74) is 1.40. The van der Waals surface area contributed by atoms with E-state index in [0.717, 1.165) is 13.0 Å². The van der Waals surface area contributed by atoms with Gasteiger partial charge >= 0.3 is 0 Å². The smallest absolute Gasteiger partial charge is 0.0556 e. The fraction of sp³-hybridized carbons (Fsp3) is 0.133. The Morgan fingerprint density at radius 1 is 0.941 bits per heavy atom. The molecule has 0 bridgehead atoms. The second-order valence-corrected chi connectivity index (χ2v) is 4.97. The van der Waals surface area contributed by atoms with Crippen molar-refractivity contribution >= 4 is 11.8 Å². The topological polar surface area (TPSA) is 16.6 Å². The van der Waals surface area contributed by atoms with E-state index in [2.05, 4.69) is 55.6 Å². The molecule has 0 unspecified atom stereocenters. The summed E-state index contributed by atoms with van der Waals surface area (Å²) < 4.78 is 0. The van der Waals surface area contributed by atoms with Gasteiger partial charge in [-0.3, -0.25) is 0 Å².